The van der Waals surface area contributed by atoms with Crippen LogP contribution in [-0.2, 0) is 9.47 Å². The lowest BCUT2D eigenvalue weighted by molar-refractivity contribution is -0.325. The second-order valence-electron chi connectivity index (χ2n) is 3.92. The third kappa shape index (κ3) is 2.03. The lowest BCUT2D eigenvalue weighted by atomic mass is 9.82. The average Bonchev–Trinajstić information content (AvgIpc) is 2.25. The van der Waals surface area contributed by atoms with Crippen LogP contribution in [0.25, 0.3) is 0 Å². The summed E-state index contributed by atoms with van der Waals surface area (Å²) in [4.78, 5) is 0. The highest BCUT2D eigenvalue weighted by molar-refractivity contribution is 4.99. The SMILES string of the molecule is CCC1(CC)O[C@H](O)[C@H](O)[C@@H](O)[C@H]1OC. The average molecular weight is 220 g/mol. The van der Waals surface area contributed by atoms with Crippen LogP contribution >= 0.6 is 0 Å². The highest BCUT2D eigenvalue weighted by Crippen LogP contribution is 2.36. The first-order chi connectivity index (χ1) is 7.02. The summed E-state index contributed by atoms with van der Waals surface area (Å²) in [7, 11) is 1.46. The Labute approximate surface area is 89.6 Å². The van der Waals surface area contributed by atoms with Gasteiger partial charge >= 0.3 is 0 Å². The van der Waals surface area contributed by atoms with Gasteiger partial charge in [-0.2, -0.15) is 0 Å². The number of aliphatic hydroxyl groups is 3. The molecule has 0 aromatic rings. The molecule has 0 radical (unpaired) electrons. The second kappa shape index (κ2) is 4.76. The zero-order valence-corrected chi connectivity index (χ0v) is 9.38. The topological polar surface area (TPSA) is 79.2 Å². The Bertz CT molecular complexity index is 204. The summed E-state index contributed by atoms with van der Waals surface area (Å²) in [6, 6.07) is 0. The molecule has 0 saturated carbocycles. The summed E-state index contributed by atoms with van der Waals surface area (Å²) in [6.07, 6.45) is -3.22. The normalized spacial score (nSPS) is 40.4. The minimum Gasteiger partial charge on any atom is -0.387 e. The van der Waals surface area contributed by atoms with Crippen LogP contribution < -0.4 is 0 Å². The van der Waals surface area contributed by atoms with Gasteiger partial charge in [0.1, 0.15) is 18.3 Å². The molecule has 0 spiro atoms. The highest BCUT2D eigenvalue weighted by Gasteiger charge is 2.52. The summed E-state index contributed by atoms with van der Waals surface area (Å²) in [5.41, 5.74) is -0.729. The molecule has 0 aromatic heterocycles. The second-order valence-corrected chi connectivity index (χ2v) is 3.92. The van der Waals surface area contributed by atoms with Gasteiger partial charge in [0, 0.05) is 7.11 Å². The van der Waals surface area contributed by atoms with E-state index in [1.165, 1.54) is 7.11 Å². The van der Waals surface area contributed by atoms with E-state index in [1.54, 1.807) is 0 Å². The molecule has 0 bridgehead atoms. The largest absolute Gasteiger partial charge is 0.387 e. The maximum atomic E-state index is 9.79. The van der Waals surface area contributed by atoms with Crippen molar-refractivity contribution >= 4 is 0 Å². The van der Waals surface area contributed by atoms with Gasteiger partial charge in [-0.25, -0.2) is 0 Å². The first-order valence-corrected chi connectivity index (χ1v) is 5.27. The number of hydrogen-bond donors (Lipinski definition) is 3. The van der Waals surface area contributed by atoms with Crippen molar-refractivity contribution < 1.29 is 24.8 Å². The summed E-state index contributed by atoms with van der Waals surface area (Å²) in [6.45, 7) is 3.79. The summed E-state index contributed by atoms with van der Waals surface area (Å²) in [5.74, 6) is 0. The fourth-order valence-corrected chi connectivity index (χ4v) is 2.21. The van der Waals surface area contributed by atoms with Crippen molar-refractivity contribution in [3.63, 3.8) is 0 Å². The number of hydrogen-bond acceptors (Lipinski definition) is 5. The minimum absolute atomic E-state index is 0.600. The molecular formula is C10H20O5. The Morgan fingerprint density at radius 3 is 2.07 bits per heavy atom. The van der Waals surface area contributed by atoms with Crippen LogP contribution in [0.5, 0.6) is 0 Å². The molecular weight excluding hydrogens is 200 g/mol. The van der Waals surface area contributed by atoms with Crippen LogP contribution in [0.1, 0.15) is 26.7 Å². The lowest BCUT2D eigenvalue weighted by Crippen LogP contribution is -2.64. The third-order valence-corrected chi connectivity index (χ3v) is 3.28. The van der Waals surface area contributed by atoms with Gasteiger partial charge < -0.3 is 24.8 Å². The van der Waals surface area contributed by atoms with E-state index >= 15 is 0 Å². The van der Waals surface area contributed by atoms with Gasteiger partial charge in [0.05, 0.1) is 5.60 Å². The molecule has 0 aromatic carbocycles. The smallest absolute Gasteiger partial charge is 0.184 e. The fourth-order valence-electron chi connectivity index (χ4n) is 2.21. The van der Waals surface area contributed by atoms with E-state index in [2.05, 4.69) is 0 Å². The molecule has 1 saturated heterocycles. The Kier molecular flexibility index (Phi) is 4.08. The maximum Gasteiger partial charge on any atom is 0.184 e. The maximum absolute atomic E-state index is 9.79. The third-order valence-electron chi connectivity index (χ3n) is 3.28. The van der Waals surface area contributed by atoms with Gasteiger partial charge in [0.2, 0.25) is 0 Å². The molecule has 5 heteroatoms. The van der Waals surface area contributed by atoms with Crippen molar-refractivity contribution in [2.45, 2.75) is 56.9 Å². The Hall–Kier alpha value is -0.200. The molecule has 0 aliphatic carbocycles. The fraction of sp³-hybridized carbons (Fsp3) is 1.00. The summed E-state index contributed by atoms with van der Waals surface area (Å²) in [5, 5.41) is 28.7. The van der Waals surface area contributed by atoms with E-state index < -0.39 is 30.2 Å². The predicted octanol–water partition coefficient (Wildman–Crippen LogP) is -0.369. The van der Waals surface area contributed by atoms with Crippen molar-refractivity contribution in [1.29, 1.82) is 0 Å². The zero-order chi connectivity index (χ0) is 11.6. The molecule has 1 rings (SSSR count). The molecule has 1 fully saturated rings. The molecule has 4 atom stereocenters. The summed E-state index contributed by atoms with van der Waals surface area (Å²) >= 11 is 0. The molecule has 0 amide bonds. The van der Waals surface area contributed by atoms with Crippen LogP contribution in [0.15, 0.2) is 0 Å². The Morgan fingerprint density at radius 1 is 1.13 bits per heavy atom. The number of ether oxygens (including phenoxy) is 2. The van der Waals surface area contributed by atoms with Crippen LogP contribution in [0, 0.1) is 0 Å². The minimum atomic E-state index is -1.36. The quantitative estimate of drug-likeness (QED) is 0.605. The van der Waals surface area contributed by atoms with Crippen LogP contribution in [-0.4, -0.2) is 52.6 Å². The first-order valence-electron chi connectivity index (χ1n) is 5.27. The molecule has 90 valence electrons. The van der Waals surface area contributed by atoms with E-state index in [0.717, 1.165) is 0 Å². The molecule has 3 N–H and O–H groups in total. The van der Waals surface area contributed by atoms with Gasteiger partial charge in [-0.05, 0) is 12.8 Å². The van der Waals surface area contributed by atoms with Gasteiger partial charge in [0.25, 0.3) is 0 Å². The molecule has 15 heavy (non-hydrogen) atoms. The van der Waals surface area contributed by atoms with E-state index in [-0.39, 0.29) is 0 Å². The van der Waals surface area contributed by atoms with Gasteiger partial charge in [0.15, 0.2) is 6.29 Å². The van der Waals surface area contributed by atoms with Crippen LogP contribution in [0.3, 0.4) is 0 Å². The van der Waals surface area contributed by atoms with Crippen molar-refractivity contribution in [2.75, 3.05) is 7.11 Å². The van der Waals surface area contributed by atoms with Gasteiger partial charge in [-0.3, -0.25) is 0 Å². The molecule has 0 unspecified atom stereocenters. The van der Waals surface area contributed by atoms with Crippen molar-refractivity contribution in [3.8, 4) is 0 Å². The molecule has 5 nitrogen and oxygen atoms in total. The zero-order valence-electron chi connectivity index (χ0n) is 9.38. The highest BCUT2D eigenvalue weighted by atomic mass is 16.7. The number of rotatable bonds is 3. The van der Waals surface area contributed by atoms with Crippen LogP contribution in [0.4, 0.5) is 0 Å². The summed E-state index contributed by atoms with van der Waals surface area (Å²) < 4.78 is 10.6. The monoisotopic (exact) mass is 220 g/mol. The molecule has 1 aliphatic rings. The molecule has 1 aliphatic heterocycles. The van der Waals surface area contributed by atoms with E-state index in [1.807, 2.05) is 13.8 Å². The first kappa shape index (κ1) is 12.9. The number of methoxy groups -OCH3 is 1. The van der Waals surface area contributed by atoms with Crippen molar-refractivity contribution in [2.24, 2.45) is 0 Å². The number of aliphatic hydroxyl groups excluding tert-OH is 3. The predicted molar refractivity (Wildman–Crippen MR) is 53.2 cm³/mol. The lowest BCUT2D eigenvalue weighted by Gasteiger charge is -2.48. The molecule has 1 heterocycles. The van der Waals surface area contributed by atoms with Gasteiger partial charge in [-0.1, -0.05) is 13.8 Å². The van der Waals surface area contributed by atoms with E-state index in [4.69, 9.17) is 9.47 Å². The Balaban J connectivity index is 2.95. The van der Waals surface area contributed by atoms with Crippen LogP contribution in [0.2, 0.25) is 0 Å². The van der Waals surface area contributed by atoms with E-state index in [9.17, 15) is 15.3 Å². The standard InChI is InChI=1S/C10H20O5/c1-4-10(5-2)8(14-3)6(11)7(12)9(13)15-10/h6-9,11-13H,4-5H2,1-3H3/t6-,7-,8-,9+/m1/s1. The van der Waals surface area contributed by atoms with Crippen molar-refractivity contribution in [1.82, 2.24) is 0 Å². The van der Waals surface area contributed by atoms with E-state index in [0.29, 0.717) is 12.8 Å². The van der Waals surface area contributed by atoms with Gasteiger partial charge in [-0.15, -0.1) is 0 Å². The van der Waals surface area contributed by atoms with Crippen molar-refractivity contribution in [3.05, 3.63) is 0 Å². The Morgan fingerprint density at radius 2 is 1.67 bits per heavy atom.